The molecule has 0 aliphatic heterocycles. The predicted molar refractivity (Wildman–Crippen MR) is 89.9 cm³/mol. The summed E-state index contributed by atoms with van der Waals surface area (Å²) >= 11 is 1.30. The van der Waals surface area contributed by atoms with Gasteiger partial charge in [-0.1, -0.05) is 41.7 Å². The predicted octanol–water partition coefficient (Wildman–Crippen LogP) is 4.25. The van der Waals surface area contributed by atoms with Crippen molar-refractivity contribution in [3.05, 3.63) is 59.7 Å². The van der Waals surface area contributed by atoms with Crippen LogP contribution in [0.1, 0.15) is 22.8 Å². The SMILES string of the molecule is CC(=O)c1ccc2nc(NC(=O)OCc3ccccc3)sc2c1. The lowest BCUT2D eigenvalue weighted by Gasteiger charge is -2.04. The summed E-state index contributed by atoms with van der Waals surface area (Å²) < 4.78 is 6.00. The average Bonchev–Trinajstić information content (AvgIpc) is 2.95. The molecule has 0 saturated carbocycles. The van der Waals surface area contributed by atoms with Gasteiger partial charge in [0.2, 0.25) is 0 Å². The zero-order valence-electron chi connectivity index (χ0n) is 12.4. The summed E-state index contributed by atoms with van der Waals surface area (Å²) in [5.74, 6) is -0.00270. The Kier molecular flexibility index (Phi) is 4.34. The van der Waals surface area contributed by atoms with Crippen LogP contribution in [0.3, 0.4) is 0 Å². The summed E-state index contributed by atoms with van der Waals surface area (Å²) in [5.41, 5.74) is 2.27. The van der Waals surface area contributed by atoms with Crippen LogP contribution < -0.4 is 5.32 Å². The molecule has 23 heavy (non-hydrogen) atoms. The summed E-state index contributed by atoms with van der Waals surface area (Å²) in [5, 5.41) is 3.05. The second-order valence-corrected chi connectivity index (χ2v) is 5.98. The molecule has 1 aromatic heterocycles. The Morgan fingerprint density at radius 2 is 1.96 bits per heavy atom. The molecule has 116 valence electrons. The van der Waals surface area contributed by atoms with Gasteiger partial charge in [-0.2, -0.15) is 0 Å². The van der Waals surface area contributed by atoms with Gasteiger partial charge in [-0.05, 0) is 30.7 Å². The van der Waals surface area contributed by atoms with Crippen LogP contribution in [0.15, 0.2) is 48.5 Å². The zero-order chi connectivity index (χ0) is 16.2. The number of aromatic nitrogens is 1. The van der Waals surface area contributed by atoms with Gasteiger partial charge < -0.3 is 4.74 Å². The van der Waals surface area contributed by atoms with E-state index in [9.17, 15) is 9.59 Å². The number of carbonyl (C=O) groups excluding carboxylic acids is 2. The number of fused-ring (bicyclic) bond motifs is 1. The number of hydrogen-bond acceptors (Lipinski definition) is 5. The number of benzene rings is 2. The Morgan fingerprint density at radius 3 is 2.70 bits per heavy atom. The van der Waals surface area contributed by atoms with Crippen molar-refractivity contribution in [3.8, 4) is 0 Å². The quantitative estimate of drug-likeness (QED) is 0.728. The Labute approximate surface area is 136 Å². The molecule has 5 nitrogen and oxygen atoms in total. The molecule has 6 heteroatoms. The summed E-state index contributed by atoms with van der Waals surface area (Å²) in [4.78, 5) is 27.5. The number of rotatable bonds is 4. The van der Waals surface area contributed by atoms with E-state index in [2.05, 4.69) is 10.3 Å². The maximum absolute atomic E-state index is 11.8. The van der Waals surface area contributed by atoms with Crippen LogP contribution in [0.5, 0.6) is 0 Å². The Balaban J connectivity index is 1.66. The summed E-state index contributed by atoms with van der Waals surface area (Å²) in [6, 6.07) is 14.7. The number of anilines is 1. The molecule has 0 aliphatic carbocycles. The highest BCUT2D eigenvalue weighted by atomic mass is 32.1. The van der Waals surface area contributed by atoms with Crippen molar-refractivity contribution >= 4 is 38.6 Å². The van der Waals surface area contributed by atoms with E-state index in [0.717, 1.165) is 15.8 Å². The molecular weight excluding hydrogens is 312 g/mol. The van der Waals surface area contributed by atoms with Crippen LogP contribution in [0.25, 0.3) is 10.2 Å². The highest BCUT2D eigenvalue weighted by molar-refractivity contribution is 7.22. The fourth-order valence-corrected chi connectivity index (χ4v) is 2.93. The summed E-state index contributed by atoms with van der Waals surface area (Å²) in [7, 11) is 0. The molecule has 0 saturated heterocycles. The van der Waals surface area contributed by atoms with E-state index in [4.69, 9.17) is 4.74 Å². The van der Waals surface area contributed by atoms with Gasteiger partial charge >= 0.3 is 6.09 Å². The number of thiazole rings is 1. The molecule has 2 aromatic carbocycles. The van der Waals surface area contributed by atoms with Crippen LogP contribution in [0.4, 0.5) is 9.93 Å². The molecule has 1 amide bonds. The molecule has 1 heterocycles. The third kappa shape index (κ3) is 3.73. The van der Waals surface area contributed by atoms with E-state index in [-0.39, 0.29) is 12.4 Å². The Hall–Kier alpha value is -2.73. The van der Waals surface area contributed by atoms with E-state index in [0.29, 0.717) is 10.7 Å². The molecule has 0 fully saturated rings. The molecule has 0 bridgehead atoms. The highest BCUT2D eigenvalue weighted by Crippen LogP contribution is 2.27. The normalized spacial score (nSPS) is 10.5. The van der Waals surface area contributed by atoms with Gasteiger partial charge in [-0.15, -0.1) is 0 Å². The van der Waals surface area contributed by atoms with Crippen LogP contribution >= 0.6 is 11.3 Å². The van der Waals surface area contributed by atoms with E-state index < -0.39 is 6.09 Å². The zero-order valence-corrected chi connectivity index (χ0v) is 13.2. The maximum atomic E-state index is 11.8. The first-order chi connectivity index (χ1) is 11.1. The molecule has 1 N–H and O–H groups in total. The first-order valence-corrected chi connectivity index (χ1v) is 7.83. The molecule has 0 radical (unpaired) electrons. The molecule has 0 spiro atoms. The summed E-state index contributed by atoms with van der Waals surface area (Å²) in [6.45, 7) is 1.72. The van der Waals surface area contributed by atoms with Crippen molar-refractivity contribution in [1.82, 2.24) is 4.98 Å². The smallest absolute Gasteiger partial charge is 0.413 e. The van der Waals surface area contributed by atoms with Gasteiger partial charge in [0, 0.05) is 5.56 Å². The van der Waals surface area contributed by atoms with E-state index >= 15 is 0 Å². The fraction of sp³-hybridized carbons (Fsp3) is 0.118. The Bertz CT molecular complexity index is 859. The topological polar surface area (TPSA) is 68.3 Å². The van der Waals surface area contributed by atoms with Crippen molar-refractivity contribution in [2.24, 2.45) is 0 Å². The van der Waals surface area contributed by atoms with Gasteiger partial charge in [0.25, 0.3) is 0 Å². The fourth-order valence-electron chi connectivity index (χ4n) is 2.04. The van der Waals surface area contributed by atoms with Crippen LogP contribution in [0.2, 0.25) is 0 Å². The van der Waals surface area contributed by atoms with Crippen LogP contribution in [-0.2, 0) is 11.3 Å². The molecule has 0 atom stereocenters. The number of Topliss-reactive ketones (excluding diaryl/α,β-unsaturated/α-hetero) is 1. The minimum Gasteiger partial charge on any atom is -0.444 e. The molecule has 0 unspecified atom stereocenters. The first-order valence-electron chi connectivity index (χ1n) is 7.01. The van der Waals surface area contributed by atoms with Gasteiger partial charge in [-0.3, -0.25) is 10.1 Å². The minimum atomic E-state index is -0.556. The third-order valence-electron chi connectivity index (χ3n) is 3.22. The van der Waals surface area contributed by atoms with Crippen molar-refractivity contribution in [2.75, 3.05) is 5.32 Å². The van der Waals surface area contributed by atoms with Crippen molar-refractivity contribution in [3.63, 3.8) is 0 Å². The van der Waals surface area contributed by atoms with Crippen LogP contribution in [-0.4, -0.2) is 16.9 Å². The standard InChI is InChI=1S/C17H14N2O3S/c1-11(20)13-7-8-14-15(9-13)23-16(18-14)19-17(21)22-10-12-5-3-2-4-6-12/h2-9H,10H2,1H3,(H,18,19,21). The van der Waals surface area contributed by atoms with Gasteiger partial charge in [0.1, 0.15) is 6.61 Å². The second-order valence-electron chi connectivity index (χ2n) is 4.94. The summed E-state index contributed by atoms with van der Waals surface area (Å²) in [6.07, 6.45) is -0.556. The second kappa shape index (κ2) is 6.58. The lowest BCUT2D eigenvalue weighted by atomic mass is 10.1. The van der Waals surface area contributed by atoms with Crippen molar-refractivity contribution in [1.29, 1.82) is 0 Å². The number of nitrogens with zero attached hydrogens (tertiary/aromatic N) is 1. The first kappa shape index (κ1) is 15.2. The number of amides is 1. The minimum absolute atomic E-state index is 0.00270. The monoisotopic (exact) mass is 326 g/mol. The van der Waals surface area contributed by atoms with Crippen molar-refractivity contribution < 1.29 is 14.3 Å². The van der Waals surface area contributed by atoms with E-state index in [1.807, 2.05) is 30.3 Å². The molecule has 3 rings (SSSR count). The molecular formula is C17H14N2O3S. The van der Waals surface area contributed by atoms with Gasteiger partial charge in [-0.25, -0.2) is 9.78 Å². The van der Waals surface area contributed by atoms with Gasteiger partial charge in [0.05, 0.1) is 10.2 Å². The highest BCUT2D eigenvalue weighted by Gasteiger charge is 2.10. The average molecular weight is 326 g/mol. The van der Waals surface area contributed by atoms with Gasteiger partial charge in [0.15, 0.2) is 10.9 Å². The number of nitrogens with one attached hydrogen (secondary N) is 1. The largest absolute Gasteiger partial charge is 0.444 e. The van der Waals surface area contributed by atoms with E-state index in [1.54, 1.807) is 18.2 Å². The van der Waals surface area contributed by atoms with E-state index in [1.165, 1.54) is 18.3 Å². The number of hydrogen-bond donors (Lipinski definition) is 1. The van der Waals surface area contributed by atoms with Crippen molar-refractivity contribution in [2.45, 2.75) is 13.5 Å². The molecule has 0 aliphatic rings. The number of ether oxygens (including phenoxy) is 1. The maximum Gasteiger partial charge on any atom is 0.413 e. The molecule has 3 aromatic rings. The number of ketones is 1. The van der Waals surface area contributed by atoms with Crippen LogP contribution in [0, 0.1) is 0 Å². The third-order valence-corrected chi connectivity index (χ3v) is 4.15. The Morgan fingerprint density at radius 1 is 1.17 bits per heavy atom. The lowest BCUT2D eigenvalue weighted by molar-refractivity contribution is 0.101. The number of carbonyl (C=O) groups is 2. The lowest BCUT2D eigenvalue weighted by Crippen LogP contribution is -2.13.